The zero-order chi connectivity index (χ0) is 23.7. The number of aliphatic hydroxyl groups is 1. The van der Waals surface area contributed by atoms with Crippen molar-refractivity contribution in [1.82, 2.24) is 35.4 Å². The van der Waals surface area contributed by atoms with Crippen LogP contribution in [-0.4, -0.2) is 79.2 Å². The Morgan fingerprint density at radius 2 is 2.11 bits per heavy atom. The van der Waals surface area contributed by atoms with Crippen LogP contribution in [0.5, 0.6) is 0 Å². The number of aromatic amines is 2. The molecular weight excluding hydrogens is 502 g/mol. The molecule has 1 amide bonds. The largest absolute Gasteiger partial charge is 0.417 e. The predicted octanol–water partition coefficient (Wildman–Crippen LogP) is 1.34. The number of oxazole rings is 1. The Labute approximate surface area is 220 Å². The van der Waals surface area contributed by atoms with Crippen LogP contribution in [0.2, 0.25) is 0 Å². The number of likely N-dealkylation sites (tertiary alicyclic amines) is 1. The molecule has 0 bridgehead atoms. The lowest BCUT2D eigenvalue weighted by atomic mass is 10.0. The molecule has 2 atom stereocenters. The molecule has 1 aliphatic rings. The van der Waals surface area contributed by atoms with E-state index < -0.39 is 5.76 Å². The number of aromatic nitrogens is 5. The minimum atomic E-state index is -0.523. The van der Waals surface area contributed by atoms with Crippen LogP contribution in [0.15, 0.2) is 51.7 Å². The summed E-state index contributed by atoms with van der Waals surface area (Å²) < 4.78 is 5.05. The van der Waals surface area contributed by atoms with Gasteiger partial charge in [0.15, 0.2) is 5.58 Å². The number of amides is 1. The first-order valence-electron chi connectivity index (χ1n) is 11.1. The van der Waals surface area contributed by atoms with Gasteiger partial charge in [-0.3, -0.25) is 14.7 Å². The van der Waals surface area contributed by atoms with Gasteiger partial charge in [-0.05, 0) is 41.0 Å². The topological polar surface area (TPSA) is 144 Å². The number of hydrogen-bond donors (Lipinski definition) is 3. The first-order valence-corrected chi connectivity index (χ1v) is 11.1. The number of benzene rings is 2. The molecule has 0 spiro atoms. The lowest BCUT2D eigenvalue weighted by Crippen LogP contribution is -2.39. The van der Waals surface area contributed by atoms with Gasteiger partial charge in [-0.25, -0.2) is 4.79 Å². The van der Waals surface area contributed by atoms with Crippen molar-refractivity contribution >= 4 is 44.0 Å². The third-order valence-corrected chi connectivity index (χ3v) is 6.25. The summed E-state index contributed by atoms with van der Waals surface area (Å²) in [6.07, 6.45) is 0.538. The zero-order valence-corrected chi connectivity index (χ0v) is 21.6. The van der Waals surface area contributed by atoms with Crippen LogP contribution in [0.3, 0.4) is 0 Å². The van der Waals surface area contributed by atoms with E-state index in [1.54, 1.807) is 30.1 Å². The average molecular weight is 532 g/mol. The van der Waals surface area contributed by atoms with Crippen LogP contribution in [0.1, 0.15) is 23.6 Å². The van der Waals surface area contributed by atoms with Gasteiger partial charge >= 0.3 is 5.76 Å². The molecule has 0 unspecified atom stereocenters. The van der Waals surface area contributed by atoms with Crippen molar-refractivity contribution in [2.24, 2.45) is 0 Å². The molecular formula is C23H29N7O4S2. The number of H-pyrrole nitrogens is 2. The molecule has 192 valence electrons. The van der Waals surface area contributed by atoms with E-state index in [2.05, 4.69) is 30.5 Å². The first-order chi connectivity index (χ1) is 16.5. The number of tetrazole rings is 1. The summed E-state index contributed by atoms with van der Waals surface area (Å²) in [4.78, 5) is 31.3. The van der Waals surface area contributed by atoms with Crippen LogP contribution >= 0.6 is 27.0 Å². The van der Waals surface area contributed by atoms with E-state index in [0.29, 0.717) is 30.0 Å². The van der Waals surface area contributed by atoms with E-state index >= 15 is 0 Å². The Morgan fingerprint density at radius 3 is 2.83 bits per heavy atom. The number of likely N-dealkylation sites (N-methyl/N-ethyl adjacent to an activating group) is 1. The summed E-state index contributed by atoms with van der Waals surface area (Å²) in [6.45, 7) is 1.94. The highest BCUT2D eigenvalue weighted by atomic mass is 32.1. The van der Waals surface area contributed by atoms with Crippen molar-refractivity contribution in [2.75, 3.05) is 26.7 Å². The molecule has 0 radical (unpaired) electrons. The van der Waals surface area contributed by atoms with Gasteiger partial charge in [0.05, 0.1) is 24.1 Å². The van der Waals surface area contributed by atoms with Crippen LogP contribution in [0.4, 0.5) is 0 Å². The van der Waals surface area contributed by atoms with E-state index in [1.807, 2.05) is 24.3 Å². The number of aliphatic hydroxyl groups excluding tert-OH is 1. The molecule has 2 aromatic carbocycles. The zero-order valence-electron chi connectivity index (χ0n) is 19.6. The highest BCUT2D eigenvalue weighted by Crippen LogP contribution is 2.27. The molecule has 1 fully saturated rings. The van der Waals surface area contributed by atoms with E-state index in [9.17, 15) is 14.7 Å². The minimum Gasteiger partial charge on any atom is -0.408 e. The van der Waals surface area contributed by atoms with Crippen molar-refractivity contribution in [2.45, 2.75) is 25.0 Å². The lowest BCUT2D eigenvalue weighted by Gasteiger charge is -2.32. The summed E-state index contributed by atoms with van der Waals surface area (Å²) in [5.74, 6) is -0.113. The summed E-state index contributed by atoms with van der Waals surface area (Å²) in [6, 6.07) is 12.7. The van der Waals surface area contributed by atoms with Gasteiger partial charge < -0.3 is 14.4 Å². The summed E-state index contributed by atoms with van der Waals surface area (Å²) in [7, 11) is 1.79. The fourth-order valence-corrected chi connectivity index (χ4v) is 4.43. The predicted molar refractivity (Wildman–Crippen MR) is 143 cm³/mol. The third kappa shape index (κ3) is 5.98. The molecule has 1 saturated heterocycles. The van der Waals surface area contributed by atoms with Crippen molar-refractivity contribution in [3.63, 3.8) is 0 Å². The third-order valence-electron chi connectivity index (χ3n) is 6.25. The van der Waals surface area contributed by atoms with E-state index in [-0.39, 0.29) is 51.5 Å². The lowest BCUT2D eigenvalue weighted by molar-refractivity contribution is -0.131. The number of fused-ring (bicyclic) bond motifs is 1. The van der Waals surface area contributed by atoms with Crippen LogP contribution < -0.4 is 5.76 Å². The van der Waals surface area contributed by atoms with Crippen LogP contribution in [-0.2, 0) is 11.2 Å². The normalized spacial score (nSPS) is 16.3. The Bertz CT molecular complexity index is 1360. The quantitative estimate of drug-likeness (QED) is 0.324. The number of β-amino-alcohol motifs (C(OH)–C–C–N with tert-alkyl or cyclic N) is 1. The summed E-state index contributed by atoms with van der Waals surface area (Å²) in [5, 5.41) is 24.2. The molecule has 0 aliphatic carbocycles. The number of hydrogen-bond acceptors (Lipinski definition) is 8. The Balaban J connectivity index is 0.00000180. The highest BCUT2D eigenvalue weighted by Gasteiger charge is 2.28. The maximum Gasteiger partial charge on any atom is 0.417 e. The second kappa shape index (κ2) is 11.7. The van der Waals surface area contributed by atoms with E-state index in [0.717, 1.165) is 29.7 Å². The minimum absolute atomic E-state index is 0. The van der Waals surface area contributed by atoms with Gasteiger partial charge in [0, 0.05) is 32.2 Å². The summed E-state index contributed by atoms with van der Waals surface area (Å²) in [5.41, 5.74) is 3.53. The molecule has 3 N–H and O–H groups in total. The highest BCUT2D eigenvalue weighted by molar-refractivity contribution is 7.59. The van der Waals surface area contributed by atoms with Gasteiger partial charge in [0.25, 0.3) is 0 Å². The van der Waals surface area contributed by atoms with Gasteiger partial charge in [-0.15, -0.1) is 10.2 Å². The SMILES string of the molecule is CN(C(=O)Cc1ccc2oc(=O)[nH]c2c1)[C@H](CN1CC[C@H](O)C1)c1cccc(-c2nn[nH]n2)c1.S.S. The molecule has 4 aromatic rings. The second-order valence-electron chi connectivity index (χ2n) is 8.61. The standard InChI is InChI=1S/C23H25N7O4.2H2S/c1-29(21(32)10-14-5-6-20-18(9-14)24-23(33)34-20)19(13-30-8-7-17(31)12-30)15-3-2-4-16(11-15)22-25-27-28-26-22;;/h2-6,9,11,17,19,31H,7-8,10,12-13H2,1H3,(H,24,33)(H,25,26,27,28);2*1H2/t17-,19+;;/m0../s1. The molecule has 5 rings (SSSR count). The molecule has 11 nitrogen and oxygen atoms in total. The van der Waals surface area contributed by atoms with E-state index in [4.69, 9.17) is 4.42 Å². The number of nitrogens with one attached hydrogen (secondary N) is 2. The second-order valence-corrected chi connectivity index (χ2v) is 8.61. The Hall–Kier alpha value is -3.13. The summed E-state index contributed by atoms with van der Waals surface area (Å²) >= 11 is 0. The van der Waals surface area contributed by atoms with Gasteiger partial charge in [0.1, 0.15) is 0 Å². The van der Waals surface area contributed by atoms with Crippen molar-refractivity contribution in [3.05, 3.63) is 64.1 Å². The van der Waals surface area contributed by atoms with Gasteiger partial charge in [0.2, 0.25) is 11.7 Å². The van der Waals surface area contributed by atoms with Crippen molar-refractivity contribution < 1.29 is 14.3 Å². The smallest absolute Gasteiger partial charge is 0.408 e. The van der Waals surface area contributed by atoms with Crippen molar-refractivity contribution in [1.29, 1.82) is 0 Å². The number of carbonyl (C=O) groups excluding carboxylic acids is 1. The number of carbonyl (C=O) groups is 1. The Kier molecular flexibility index (Phi) is 8.95. The van der Waals surface area contributed by atoms with Gasteiger partial charge in [-0.1, -0.05) is 24.3 Å². The molecule has 36 heavy (non-hydrogen) atoms. The van der Waals surface area contributed by atoms with Crippen LogP contribution in [0.25, 0.3) is 22.5 Å². The van der Waals surface area contributed by atoms with Crippen LogP contribution in [0, 0.1) is 0 Å². The maximum absolute atomic E-state index is 13.3. The molecule has 3 heterocycles. The monoisotopic (exact) mass is 531 g/mol. The fraction of sp³-hybridized carbons (Fsp3) is 0.348. The number of rotatable bonds is 7. The Morgan fingerprint density at radius 1 is 1.28 bits per heavy atom. The van der Waals surface area contributed by atoms with Crippen molar-refractivity contribution in [3.8, 4) is 11.4 Å². The maximum atomic E-state index is 13.3. The number of nitrogens with zero attached hydrogens (tertiary/aromatic N) is 5. The molecule has 13 heteroatoms. The molecule has 2 aromatic heterocycles. The molecule has 1 aliphatic heterocycles. The average Bonchev–Trinajstić information content (AvgIpc) is 3.57. The fourth-order valence-electron chi connectivity index (χ4n) is 4.43. The van der Waals surface area contributed by atoms with Gasteiger partial charge in [-0.2, -0.15) is 32.2 Å². The first kappa shape index (κ1) is 27.5. The van der Waals surface area contributed by atoms with E-state index in [1.165, 1.54) is 0 Å². The molecule has 0 saturated carbocycles.